The van der Waals surface area contributed by atoms with Gasteiger partial charge in [-0.25, -0.2) is 10.1 Å². The van der Waals surface area contributed by atoms with Gasteiger partial charge in [-0.1, -0.05) is 5.04 Å². The molecule has 0 amide bonds. The lowest BCUT2D eigenvalue weighted by Crippen LogP contribution is -1.96. The van der Waals surface area contributed by atoms with Crippen molar-refractivity contribution < 1.29 is 20.3 Å². The van der Waals surface area contributed by atoms with E-state index in [2.05, 4.69) is 9.93 Å². The number of aliphatic hydroxyl groups excluding tert-OH is 1. The van der Waals surface area contributed by atoms with E-state index in [9.17, 15) is 0 Å². The Morgan fingerprint density at radius 3 is 2.33 bits per heavy atom. The highest BCUT2D eigenvalue weighted by Gasteiger charge is 1.76. The molecule has 0 heterocycles. The minimum absolute atomic E-state index is 0.00347. The first kappa shape index (κ1) is 5.84. The Kier molecular flexibility index (Phi) is 4.71. The summed E-state index contributed by atoms with van der Waals surface area (Å²) in [5.41, 5.74) is 0. The van der Waals surface area contributed by atoms with Gasteiger partial charge in [0.15, 0.2) is 0 Å². The third kappa shape index (κ3) is 3.84. The molecule has 0 spiro atoms. The fraction of sp³-hybridized carbons (Fsp3) is 1.00. The molecule has 0 aliphatic carbocycles. The number of hydrogen-bond donors (Lipinski definition) is 2. The minimum atomic E-state index is -0.152. The Balaban J connectivity index is 2.34. The van der Waals surface area contributed by atoms with E-state index in [1.807, 2.05) is 0 Å². The van der Waals surface area contributed by atoms with Crippen molar-refractivity contribution in [2.75, 3.05) is 13.2 Å². The third-order valence-electron chi connectivity index (χ3n) is 0.227. The summed E-state index contributed by atoms with van der Waals surface area (Å²) in [6.07, 6.45) is 0. The SMILES string of the molecule is OCCOOO. The van der Waals surface area contributed by atoms with Gasteiger partial charge in [0.25, 0.3) is 0 Å². The maximum atomic E-state index is 7.88. The predicted molar refractivity (Wildman–Crippen MR) is 16.8 cm³/mol. The molecule has 0 radical (unpaired) electrons. The van der Waals surface area contributed by atoms with Crippen molar-refractivity contribution in [2.45, 2.75) is 0 Å². The van der Waals surface area contributed by atoms with Crippen LogP contribution in [0.4, 0.5) is 0 Å². The second-order valence-corrected chi connectivity index (χ2v) is 0.620. The summed E-state index contributed by atoms with van der Waals surface area (Å²) in [7, 11) is 0. The quantitative estimate of drug-likeness (QED) is 0.278. The summed E-state index contributed by atoms with van der Waals surface area (Å²) in [4.78, 5) is 3.79. The summed E-state index contributed by atoms with van der Waals surface area (Å²) in [6.45, 7) is -0.156. The van der Waals surface area contributed by atoms with Crippen LogP contribution in [0.3, 0.4) is 0 Å². The van der Waals surface area contributed by atoms with Gasteiger partial charge >= 0.3 is 0 Å². The molecule has 0 aromatic rings. The minimum Gasteiger partial charge on any atom is -0.394 e. The Bertz CT molecular complexity index is 17.5. The lowest BCUT2D eigenvalue weighted by atomic mass is 10.8. The van der Waals surface area contributed by atoms with Gasteiger partial charge in [-0.3, -0.25) is 0 Å². The Morgan fingerprint density at radius 2 is 2.17 bits per heavy atom. The van der Waals surface area contributed by atoms with E-state index in [1.165, 1.54) is 0 Å². The van der Waals surface area contributed by atoms with Gasteiger partial charge < -0.3 is 5.11 Å². The molecular weight excluding hydrogens is 88.0 g/mol. The van der Waals surface area contributed by atoms with Crippen LogP contribution in [0.5, 0.6) is 0 Å². The van der Waals surface area contributed by atoms with E-state index in [0.717, 1.165) is 0 Å². The second-order valence-electron chi connectivity index (χ2n) is 0.620. The van der Waals surface area contributed by atoms with Crippen LogP contribution < -0.4 is 0 Å². The molecule has 0 aliphatic rings. The highest BCUT2D eigenvalue weighted by atomic mass is 17.5. The van der Waals surface area contributed by atoms with Gasteiger partial charge in [0.1, 0.15) is 6.61 Å². The van der Waals surface area contributed by atoms with Crippen molar-refractivity contribution in [1.82, 2.24) is 0 Å². The van der Waals surface area contributed by atoms with E-state index >= 15 is 0 Å². The average molecular weight is 94.1 g/mol. The highest BCUT2D eigenvalue weighted by molar-refractivity contribution is 4.10. The normalized spacial score (nSPS) is 9.00. The molecule has 0 rings (SSSR count). The summed E-state index contributed by atoms with van der Waals surface area (Å²) >= 11 is 0. The second kappa shape index (κ2) is 4.84. The summed E-state index contributed by atoms with van der Waals surface area (Å²) in [6, 6.07) is 0. The van der Waals surface area contributed by atoms with Crippen molar-refractivity contribution in [2.24, 2.45) is 0 Å². The molecule has 0 bridgehead atoms. The monoisotopic (exact) mass is 94.0 g/mol. The summed E-state index contributed by atoms with van der Waals surface area (Å²) in [5, 5.41) is 18.4. The van der Waals surface area contributed by atoms with Crippen LogP contribution in [0.15, 0.2) is 0 Å². The zero-order chi connectivity index (χ0) is 4.83. The van der Waals surface area contributed by atoms with E-state index in [1.54, 1.807) is 0 Å². The van der Waals surface area contributed by atoms with E-state index in [-0.39, 0.29) is 13.2 Å². The zero-order valence-corrected chi connectivity index (χ0v) is 3.13. The maximum Gasteiger partial charge on any atom is 0.108 e. The first-order valence-electron chi connectivity index (χ1n) is 1.45. The Morgan fingerprint density at radius 1 is 1.50 bits per heavy atom. The highest BCUT2D eigenvalue weighted by Crippen LogP contribution is 1.66. The Labute approximate surface area is 34.8 Å². The lowest BCUT2D eigenvalue weighted by molar-refractivity contribution is -0.491. The lowest BCUT2D eigenvalue weighted by Gasteiger charge is -1.87. The van der Waals surface area contributed by atoms with Gasteiger partial charge in [-0.15, -0.1) is 0 Å². The first-order chi connectivity index (χ1) is 2.91. The molecule has 0 unspecified atom stereocenters. The zero-order valence-electron chi connectivity index (χ0n) is 3.13. The van der Waals surface area contributed by atoms with Crippen LogP contribution in [-0.2, 0) is 9.93 Å². The van der Waals surface area contributed by atoms with Crippen molar-refractivity contribution in [3.05, 3.63) is 0 Å². The molecular formula is C2H6O4. The maximum absolute atomic E-state index is 7.88. The van der Waals surface area contributed by atoms with Crippen LogP contribution in [0.1, 0.15) is 0 Å². The average Bonchev–Trinajstić information content (AvgIpc) is 1.61. The van der Waals surface area contributed by atoms with Crippen molar-refractivity contribution in [3.63, 3.8) is 0 Å². The van der Waals surface area contributed by atoms with Crippen LogP contribution in [0.2, 0.25) is 0 Å². The van der Waals surface area contributed by atoms with Crippen molar-refractivity contribution in [1.29, 1.82) is 0 Å². The fourth-order valence-electron chi connectivity index (χ4n) is 0.0745. The fourth-order valence-corrected chi connectivity index (χ4v) is 0.0745. The summed E-state index contributed by atoms with van der Waals surface area (Å²) in [5.74, 6) is 0. The van der Waals surface area contributed by atoms with Crippen LogP contribution in [0.25, 0.3) is 0 Å². The topological polar surface area (TPSA) is 58.9 Å². The van der Waals surface area contributed by atoms with Crippen LogP contribution in [0, 0.1) is 0 Å². The molecule has 0 saturated heterocycles. The van der Waals surface area contributed by atoms with Gasteiger partial charge in [-0.2, -0.15) is 0 Å². The standard InChI is InChI=1S/C2H6O4/c3-1-2-5-6-4/h3-4H,1-2H2. The van der Waals surface area contributed by atoms with Gasteiger partial charge in [0.2, 0.25) is 0 Å². The van der Waals surface area contributed by atoms with Gasteiger partial charge in [0.05, 0.1) is 6.61 Å². The largest absolute Gasteiger partial charge is 0.394 e. The molecule has 0 saturated carbocycles. The smallest absolute Gasteiger partial charge is 0.108 e. The molecule has 38 valence electrons. The van der Waals surface area contributed by atoms with Gasteiger partial charge in [-0.05, 0) is 0 Å². The van der Waals surface area contributed by atoms with Crippen LogP contribution >= 0.6 is 0 Å². The molecule has 6 heavy (non-hydrogen) atoms. The number of rotatable bonds is 3. The molecule has 0 aromatic carbocycles. The number of aliphatic hydroxyl groups is 1. The molecule has 0 aromatic heterocycles. The molecule has 0 aliphatic heterocycles. The first-order valence-corrected chi connectivity index (χ1v) is 1.45. The molecule has 4 heteroatoms. The molecule has 2 N–H and O–H groups in total. The van der Waals surface area contributed by atoms with Crippen molar-refractivity contribution >= 4 is 0 Å². The van der Waals surface area contributed by atoms with E-state index < -0.39 is 0 Å². The van der Waals surface area contributed by atoms with Gasteiger partial charge in [0, 0.05) is 0 Å². The number of hydrogen-bond acceptors (Lipinski definition) is 4. The molecule has 4 nitrogen and oxygen atoms in total. The third-order valence-corrected chi connectivity index (χ3v) is 0.227. The van der Waals surface area contributed by atoms with E-state index in [0.29, 0.717) is 0 Å². The van der Waals surface area contributed by atoms with E-state index in [4.69, 9.17) is 10.4 Å². The molecule has 0 atom stereocenters. The Hall–Kier alpha value is -0.160. The predicted octanol–water partition coefficient (Wildman–Crippen LogP) is -0.600. The van der Waals surface area contributed by atoms with Crippen LogP contribution in [-0.4, -0.2) is 23.6 Å². The molecule has 0 fully saturated rings. The summed E-state index contributed by atoms with van der Waals surface area (Å²) < 4.78 is 0. The van der Waals surface area contributed by atoms with Crippen molar-refractivity contribution in [3.8, 4) is 0 Å².